The van der Waals surface area contributed by atoms with E-state index >= 15 is 0 Å². The Hall–Kier alpha value is -1.37. The predicted octanol–water partition coefficient (Wildman–Crippen LogP) is 2.54. The summed E-state index contributed by atoms with van der Waals surface area (Å²) in [5.74, 6) is 0. The van der Waals surface area contributed by atoms with E-state index in [1.165, 1.54) is 11.1 Å². The van der Waals surface area contributed by atoms with Crippen LogP contribution in [0.5, 0.6) is 0 Å². The second-order valence-electron chi connectivity index (χ2n) is 4.70. The zero-order valence-electron chi connectivity index (χ0n) is 10.9. The van der Waals surface area contributed by atoms with Crippen molar-refractivity contribution in [2.45, 2.75) is 25.9 Å². The summed E-state index contributed by atoms with van der Waals surface area (Å²) in [6, 6.07) is 10.7. The van der Waals surface area contributed by atoms with Crippen molar-refractivity contribution in [3.63, 3.8) is 0 Å². The summed E-state index contributed by atoms with van der Waals surface area (Å²) in [6.07, 6.45) is 2.18. The van der Waals surface area contributed by atoms with Gasteiger partial charge in [0.2, 0.25) is 0 Å². The van der Waals surface area contributed by atoms with Crippen molar-refractivity contribution in [1.29, 1.82) is 5.26 Å². The number of hydrogen-bond acceptors (Lipinski definition) is 3. The molecule has 0 amide bonds. The third-order valence-corrected chi connectivity index (χ3v) is 3.35. The number of rotatable bonds is 5. The second kappa shape index (κ2) is 6.53. The van der Waals surface area contributed by atoms with Crippen LogP contribution in [0.25, 0.3) is 0 Å². The number of hydrogen-bond donors (Lipinski definition) is 0. The van der Waals surface area contributed by atoms with Crippen LogP contribution in [0.3, 0.4) is 0 Å². The molecule has 0 saturated carbocycles. The lowest BCUT2D eigenvalue weighted by molar-refractivity contribution is 0.0185. The molecule has 1 heterocycles. The molecule has 0 fully saturated rings. The molecule has 0 aromatic heterocycles. The average Bonchev–Trinajstić information content (AvgIpc) is 2.40. The molecule has 3 nitrogen and oxygen atoms in total. The first-order valence-electron chi connectivity index (χ1n) is 6.64. The van der Waals surface area contributed by atoms with Crippen molar-refractivity contribution in [2.24, 2.45) is 0 Å². The maximum absolute atomic E-state index is 8.86. The Morgan fingerprint density at radius 1 is 1.44 bits per heavy atom. The highest BCUT2D eigenvalue weighted by atomic mass is 16.5. The van der Waals surface area contributed by atoms with Crippen LogP contribution in [0.1, 0.15) is 30.6 Å². The van der Waals surface area contributed by atoms with Crippen LogP contribution in [0, 0.1) is 11.3 Å². The van der Waals surface area contributed by atoms with E-state index in [0.29, 0.717) is 6.54 Å². The quantitative estimate of drug-likeness (QED) is 0.747. The lowest BCUT2D eigenvalue weighted by Gasteiger charge is -2.30. The first-order chi connectivity index (χ1) is 8.85. The molecule has 0 saturated heterocycles. The van der Waals surface area contributed by atoms with Gasteiger partial charge >= 0.3 is 0 Å². The smallest absolute Gasteiger partial charge is 0.0954 e. The molecule has 1 aliphatic rings. The van der Waals surface area contributed by atoms with Gasteiger partial charge in [0.15, 0.2) is 0 Å². The monoisotopic (exact) mass is 244 g/mol. The molecule has 18 heavy (non-hydrogen) atoms. The van der Waals surface area contributed by atoms with Gasteiger partial charge in [-0.25, -0.2) is 0 Å². The summed E-state index contributed by atoms with van der Waals surface area (Å²) in [5.41, 5.74) is 2.69. The van der Waals surface area contributed by atoms with Gasteiger partial charge < -0.3 is 4.74 Å². The lowest BCUT2D eigenvalue weighted by atomic mass is 9.97. The van der Waals surface area contributed by atoms with Crippen molar-refractivity contribution in [2.75, 3.05) is 26.2 Å². The van der Waals surface area contributed by atoms with E-state index < -0.39 is 0 Å². The summed E-state index contributed by atoms with van der Waals surface area (Å²) in [4.78, 5) is 2.17. The first kappa shape index (κ1) is 13.1. The van der Waals surface area contributed by atoms with E-state index in [-0.39, 0.29) is 6.10 Å². The third-order valence-electron chi connectivity index (χ3n) is 3.35. The number of fused-ring (bicyclic) bond motifs is 1. The number of nitriles is 1. The van der Waals surface area contributed by atoms with Crippen LogP contribution in [0.4, 0.5) is 0 Å². The van der Waals surface area contributed by atoms with Gasteiger partial charge in [-0.05, 0) is 30.5 Å². The van der Waals surface area contributed by atoms with Gasteiger partial charge in [-0.2, -0.15) is 5.26 Å². The summed E-state index contributed by atoms with van der Waals surface area (Å²) >= 11 is 0. The SMILES string of the molecule is CCCN(CC#N)CC1OCCc2ccccc21. The molecule has 1 aliphatic heterocycles. The Morgan fingerprint density at radius 3 is 3.06 bits per heavy atom. The highest BCUT2D eigenvalue weighted by Crippen LogP contribution is 2.27. The summed E-state index contributed by atoms with van der Waals surface area (Å²) in [7, 11) is 0. The minimum absolute atomic E-state index is 0.120. The molecule has 1 aromatic carbocycles. The molecule has 1 aromatic rings. The van der Waals surface area contributed by atoms with Crippen molar-refractivity contribution in [3.8, 4) is 6.07 Å². The van der Waals surface area contributed by atoms with E-state index in [2.05, 4.69) is 42.2 Å². The Labute approximate surface area is 109 Å². The van der Waals surface area contributed by atoms with Gasteiger partial charge in [-0.15, -0.1) is 0 Å². The zero-order valence-corrected chi connectivity index (χ0v) is 10.9. The fourth-order valence-corrected chi connectivity index (χ4v) is 2.51. The average molecular weight is 244 g/mol. The van der Waals surface area contributed by atoms with Crippen molar-refractivity contribution in [3.05, 3.63) is 35.4 Å². The number of ether oxygens (including phenoxy) is 1. The van der Waals surface area contributed by atoms with Crippen LogP contribution in [-0.2, 0) is 11.2 Å². The molecule has 1 unspecified atom stereocenters. The molecule has 0 spiro atoms. The van der Waals surface area contributed by atoms with Crippen LogP contribution in [0.2, 0.25) is 0 Å². The molecule has 1 atom stereocenters. The normalized spacial score (nSPS) is 18.4. The summed E-state index contributed by atoms with van der Waals surface area (Å²) < 4.78 is 5.88. The van der Waals surface area contributed by atoms with E-state index in [0.717, 1.165) is 32.5 Å². The number of benzene rings is 1. The minimum Gasteiger partial charge on any atom is -0.372 e. The highest BCUT2D eigenvalue weighted by molar-refractivity contribution is 5.31. The highest BCUT2D eigenvalue weighted by Gasteiger charge is 2.22. The predicted molar refractivity (Wildman–Crippen MR) is 71.2 cm³/mol. The molecule has 96 valence electrons. The number of nitrogens with zero attached hydrogens (tertiary/aromatic N) is 2. The first-order valence-corrected chi connectivity index (χ1v) is 6.64. The maximum atomic E-state index is 8.86. The Morgan fingerprint density at radius 2 is 2.28 bits per heavy atom. The molecule has 0 bridgehead atoms. The minimum atomic E-state index is 0.120. The summed E-state index contributed by atoms with van der Waals surface area (Å²) in [6.45, 7) is 5.18. The largest absolute Gasteiger partial charge is 0.372 e. The molecule has 3 heteroatoms. The van der Waals surface area contributed by atoms with Crippen LogP contribution in [0.15, 0.2) is 24.3 Å². The van der Waals surface area contributed by atoms with Crippen LogP contribution in [-0.4, -0.2) is 31.1 Å². The molecule has 0 radical (unpaired) electrons. The Balaban J connectivity index is 2.08. The van der Waals surface area contributed by atoms with Crippen molar-refractivity contribution >= 4 is 0 Å². The van der Waals surface area contributed by atoms with Gasteiger partial charge in [-0.1, -0.05) is 31.2 Å². The topological polar surface area (TPSA) is 36.3 Å². The maximum Gasteiger partial charge on any atom is 0.0954 e. The Kier molecular flexibility index (Phi) is 4.74. The van der Waals surface area contributed by atoms with Crippen LogP contribution < -0.4 is 0 Å². The fourth-order valence-electron chi connectivity index (χ4n) is 2.51. The molecular formula is C15H20N2O. The van der Waals surface area contributed by atoms with Gasteiger partial charge in [0.1, 0.15) is 0 Å². The van der Waals surface area contributed by atoms with E-state index in [1.54, 1.807) is 0 Å². The summed E-state index contributed by atoms with van der Waals surface area (Å²) in [5, 5.41) is 8.86. The lowest BCUT2D eigenvalue weighted by Crippen LogP contribution is -2.33. The molecule has 0 aliphatic carbocycles. The van der Waals surface area contributed by atoms with Crippen molar-refractivity contribution < 1.29 is 4.74 Å². The van der Waals surface area contributed by atoms with Gasteiger partial charge in [-0.3, -0.25) is 4.90 Å². The van der Waals surface area contributed by atoms with E-state index in [9.17, 15) is 0 Å². The van der Waals surface area contributed by atoms with Gasteiger partial charge in [0, 0.05) is 6.54 Å². The van der Waals surface area contributed by atoms with E-state index in [1.807, 2.05) is 0 Å². The van der Waals surface area contributed by atoms with Crippen LogP contribution >= 0.6 is 0 Å². The zero-order chi connectivity index (χ0) is 12.8. The van der Waals surface area contributed by atoms with Gasteiger partial charge in [0.25, 0.3) is 0 Å². The van der Waals surface area contributed by atoms with Crippen molar-refractivity contribution in [1.82, 2.24) is 4.90 Å². The molecule has 2 rings (SSSR count). The Bertz CT molecular complexity index is 425. The standard InChI is InChI=1S/C15H20N2O/c1-2-9-17(10-8-16)12-15-14-6-4-3-5-13(14)7-11-18-15/h3-6,15H,2,7,9-12H2,1H3. The second-order valence-corrected chi connectivity index (χ2v) is 4.70. The molecular weight excluding hydrogens is 224 g/mol. The fraction of sp³-hybridized carbons (Fsp3) is 0.533. The molecule has 0 N–H and O–H groups in total. The van der Waals surface area contributed by atoms with Gasteiger partial charge in [0.05, 0.1) is 25.3 Å². The third kappa shape index (κ3) is 3.10. The van der Waals surface area contributed by atoms with E-state index in [4.69, 9.17) is 10.00 Å².